The third kappa shape index (κ3) is 2.88. The van der Waals surface area contributed by atoms with Gasteiger partial charge in [0.1, 0.15) is 11.2 Å². The molecule has 7 heteroatoms. The molecule has 0 spiro atoms. The number of carbonyl (C=O) groups is 2. The summed E-state index contributed by atoms with van der Waals surface area (Å²) in [7, 11) is 0. The first kappa shape index (κ1) is 15.1. The number of pyridine rings is 1. The number of amides is 1. The summed E-state index contributed by atoms with van der Waals surface area (Å²) < 4.78 is 0. The first-order valence-corrected chi connectivity index (χ1v) is 7.02. The van der Waals surface area contributed by atoms with Gasteiger partial charge in [-0.3, -0.25) is 4.79 Å². The van der Waals surface area contributed by atoms with Crippen molar-refractivity contribution in [2.75, 3.05) is 6.54 Å². The van der Waals surface area contributed by atoms with E-state index in [-0.39, 0.29) is 21.7 Å². The normalized spacial score (nSPS) is 22.6. The number of carbonyl (C=O) groups excluding carboxylic acids is 1. The van der Waals surface area contributed by atoms with Crippen LogP contribution in [0, 0.1) is 5.92 Å². The molecule has 2 heterocycles. The minimum atomic E-state index is -0.998. The van der Waals surface area contributed by atoms with E-state index in [1.54, 1.807) is 0 Å². The molecule has 2 rings (SSSR count). The lowest BCUT2D eigenvalue weighted by Gasteiger charge is -2.37. The van der Waals surface area contributed by atoms with Crippen LogP contribution in [-0.4, -0.2) is 39.5 Å². The maximum absolute atomic E-state index is 12.5. The number of hydrogen-bond donors (Lipinski definition) is 1. The zero-order valence-corrected chi connectivity index (χ0v) is 12.4. The smallest absolute Gasteiger partial charge is 0.326 e. The molecular weight excluding hydrogens is 303 g/mol. The van der Waals surface area contributed by atoms with E-state index in [9.17, 15) is 14.7 Å². The van der Waals surface area contributed by atoms with Gasteiger partial charge in [-0.15, -0.1) is 0 Å². The summed E-state index contributed by atoms with van der Waals surface area (Å²) in [6.07, 6.45) is 2.85. The number of likely N-dealkylation sites (tertiary alicyclic amines) is 1. The Morgan fingerprint density at radius 2 is 2.15 bits per heavy atom. The van der Waals surface area contributed by atoms with Crippen LogP contribution < -0.4 is 0 Å². The van der Waals surface area contributed by atoms with Crippen molar-refractivity contribution in [2.45, 2.75) is 25.8 Å². The number of hydrogen-bond acceptors (Lipinski definition) is 3. The molecule has 5 nitrogen and oxygen atoms in total. The SMILES string of the molecule is CC1CCCN(C(=O)c2cc(Cl)ncc2Cl)C1C(=O)O. The molecule has 0 aromatic carbocycles. The molecule has 108 valence electrons. The molecule has 1 fully saturated rings. The van der Waals surface area contributed by atoms with E-state index < -0.39 is 17.9 Å². The third-order valence-corrected chi connectivity index (χ3v) is 4.01. The average molecular weight is 317 g/mol. The van der Waals surface area contributed by atoms with Crippen molar-refractivity contribution in [1.29, 1.82) is 0 Å². The van der Waals surface area contributed by atoms with E-state index in [4.69, 9.17) is 23.2 Å². The highest BCUT2D eigenvalue weighted by atomic mass is 35.5. The predicted octanol–water partition coefficient (Wildman–Crippen LogP) is 2.71. The summed E-state index contributed by atoms with van der Waals surface area (Å²) in [4.78, 5) is 29.1. The standard InChI is InChI=1S/C13H14Cl2N2O3/c1-7-3-2-4-17(11(7)13(19)20)12(18)8-5-10(15)16-6-9(8)14/h5-7,11H,2-4H2,1H3,(H,19,20). The molecule has 1 amide bonds. The first-order valence-electron chi connectivity index (χ1n) is 6.26. The fraction of sp³-hybridized carbons (Fsp3) is 0.462. The lowest BCUT2D eigenvalue weighted by Crippen LogP contribution is -2.52. The van der Waals surface area contributed by atoms with Gasteiger partial charge >= 0.3 is 5.97 Å². The van der Waals surface area contributed by atoms with Gasteiger partial charge in [0.05, 0.1) is 10.6 Å². The molecule has 2 atom stereocenters. The van der Waals surface area contributed by atoms with Crippen LogP contribution in [0.4, 0.5) is 0 Å². The summed E-state index contributed by atoms with van der Waals surface area (Å²) in [5.41, 5.74) is 0.187. The van der Waals surface area contributed by atoms with Crippen LogP contribution in [0.1, 0.15) is 30.1 Å². The fourth-order valence-electron chi connectivity index (χ4n) is 2.52. The van der Waals surface area contributed by atoms with E-state index in [2.05, 4.69) is 4.98 Å². The number of piperidine rings is 1. The van der Waals surface area contributed by atoms with Crippen molar-refractivity contribution in [3.8, 4) is 0 Å². The van der Waals surface area contributed by atoms with Crippen molar-refractivity contribution < 1.29 is 14.7 Å². The Hall–Kier alpha value is -1.33. The van der Waals surface area contributed by atoms with Gasteiger partial charge in [-0.25, -0.2) is 9.78 Å². The summed E-state index contributed by atoms with van der Waals surface area (Å²) in [5.74, 6) is -1.51. The number of nitrogens with zero attached hydrogens (tertiary/aromatic N) is 2. The highest BCUT2D eigenvalue weighted by Gasteiger charge is 2.37. The van der Waals surface area contributed by atoms with Crippen LogP contribution in [0.3, 0.4) is 0 Å². The van der Waals surface area contributed by atoms with Gasteiger partial charge in [-0.05, 0) is 24.8 Å². The lowest BCUT2D eigenvalue weighted by molar-refractivity contribution is -0.145. The Kier molecular flexibility index (Phi) is 4.50. The molecule has 0 aliphatic carbocycles. The van der Waals surface area contributed by atoms with E-state index in [1.807, 2.05) is 6.92 Å². The number of aromatic nitrogens is 1. The molecule has 1 saturated heterocycles. The van der Waals surface area contributed by atoms with Gasteiger partial charge < -0.3 is 10.0 Å². The second kappa shape index (κ2) is 5.97. The molecule has 0 radical (unpaired) electrons. The molecule has 1 aromatic rings. The molecule has 2 unspecified atom stereocenters. The monoisotopic (exact) mass is 316 g/mol. The minimum Gasteiger partial charge on any atom is -0.480 e. The maximum Gasteiger partial charge on any atom is 0.326 e. The Bertz CT molecular complexity index is 550. The Morgan fingerprint density at radius 1 is 1.45 bits per heavy atom. The van der Waals surface area contributed by atoms with Crippen LogP contribution in [0.15, 0.2) is 12.3 Å². The van der Waals surface area contributed by atoms with Crippen LogP contribution >= 0.6 is 23.2 Å². The Labute approximate surface area is 126 Å². The predicted molar refractivity (Wildman–Crippen MR) is 75.1 cm³/mol. The van der Waals surface area contributed by atoms with Crippen molar-refractivity contribution in [1.82, 2.24) is 9.88 Å². The van der Waals surface area contributed by atoms with Gasteiger partial charge in [0.25, 0.3) is 5.91 Å². The zero-order chi connectivity index (χ0) is 14.9. The summed E-state index contributed by atoms with van der Waals surface area (Å²) >= 11 is 11.7. The fourth-order valence-corrected chi connectivity index (χ4v) is 2.87. The molecule has 0 bridgehead atoms. The minimum absolute atomic E-state index is 0.0960. The van der Waals surface area contributed by atoms with Gasteiger partial charge in [0.2, 0.25) is 0 Å². The Morgan fingerprint density at radius 3 is 2.80 bits per heavy atom. The number of halogens is 2. The number of carboxylic acids is 1. The summed E-state index contributed by atoms with van der Waals surface area (Å²) in [6, 6.07) is 0.531. The first-order chi connectivity index (χ1) is 9.41. The summed E-state index contributed by atoms with van der Waals surface area (Å²) in [6.45, 7) is 2.23. The van der Waals surface area contributed by atoms with Gasteiger partial charge in [-0.1, -0.05) is 30.1 Å². The highest BCUT2D eigenvalue weighted by Crippen LogP contribution is 2.27. The van der Waals surface area contributed by atoms with Gasteiger partial charge in [0, 0.05) is 12.7 Å². The molecule has 1 aliphatic heterocycles. The van der Waals surface area contributed by atoms with E-state index >= 15 is 0 Å². The maximum atomic E-state index is 12.5. The van der Waals surface area contributed by atoms with Crippen LogP contribution in [-0.2, 0) is 4.79 Å². The van der Waals surface area contributed by atoms with Crippen molar-refractivity contribution in [3.05, 3.63) is 28.0 Å². The zero-order valence-electron chi connectivity index (χ0n) is 10.8. The highest BCUT2D eigenvalue weighted by molar-refractivity contribution is 6.35. The van der Waals surface area contributed by atoms with E-state index in [1.165, 1.54) is 17.2 Å². The summed E-state index contributed by atoms with van der Waals surface area (Å²) in [5, 5.41) is 9.65. The average Bonchev–Trinajstić information content (AvgIpc) is 2.40. The van der Waals surface area contributed by atoms with Gasteiger partial charge in [0.15, 0.2) is 0 Å². The van der Waals surface area contributed by atoms with Crippen LogP contribution in [0.2, 0.25) is 10.2 Å². The number of carboxylic acid groups (broad SMARTS) is 1. The van der Waals surface area contributed by atoms with Crippen molar-refractivity contribution in [2.24, 2.45) is 5.92 Å². The lowest BCUT2D eigenvalue weighted by atomic mass is 9.90. The van der Waals surface area contributed by atoms with Crippen molar-refractivity contribution >= 4 is 35.1 Å². The van der Waals surface area contributed by atoms with Crippen LogP contribution in [0.5, 0.6) is 0 Å². The quantitative estimate of drug-likeness (QED) is 0.852. The molecular formula is C13H14Cl2N2O3. The molecule has 0 saturated carbocycles. The second-order valence-corrected chi connectivity index (χ2v) is 5.68. The topological polar surface area (TPSA) is 70.5 Å². The van der Waals surface area contributed by atoms with E-state index in [0.29, 0.717) is 6.54 Å². The molecule has 1 N–H and O–H groups in total. The van der Waals surface area contributed by atoms with Crippen molar-refractivity contribution in [3.63, 3.8) is 0 Å². The molecule has 1 aromatic heterocycles. The second-order valence-electron chi connectivity index (χ2n) is 4.89. The molecule has 20 heavy (non-hydrogen) atoms. The van der Waals surface area contributed by atoms with Crippen LogP contribution in [0.25, 0.3) is 0 Å². The van der Waals surface area contributed by atoms with Gasteiger partial charge in [-0.2, -0.15) is 0 Å². The number of aliphatic carboxylic acids is 1. The Balaban J connectivity index is 2.35. The largest absolute Gasteiger partial charge is 0.480 e. The number of rotatable bonds is 2. The third-order valence-electron chi connectivity index (χ3n) is 3.50. The molecule has 1 aliphatic rings. The van der Waals surface area contributed by atoms with E-state index in [0.717, 1.165) is 12.8 Å².